The van der Waals surface area contributed by atoms with Gasteiger partial charge in [-0.2, -0.15) is 0 Å². The lowest BCUT2D eigenvalue weighted by molar-refractivity contribution is 0.298. The lowest BCUT2D eigenvalue weighted by Crippen LogP contribution is -2.13. The SMILES string of the molecule is O=c1[nH]ccc(CCCCCc2cn(-c3ccccc3)nn2)c1OCc1ccccc1. The van der Waals surface area contributed by atoms with E-state index in [1.807, 2.05) is 77.6 Å². The Bertz CT molecular complexity index is 1140. The van der Waals surface area contributed by atoms with Gasteiger partial charge in [-0.05, 0) is 49.4 Å². The summed E-state index contributed by atoms with van der Waals surface area (Å²) in [5.41, 5.74) is 3.83. The Labute approximate surface area is 181 Å². The highest BCUT2D eigenvalue weighted by atomic mass is 16.5. The van der Waals surface area contributed by atoms with Crippen LogP contribution in [0.4, 0.5) is 0 Å². The fourth-order valence-electron chi connectivity index (χ4n) is 3.51. The Balaban J connectivity index is 1.26. The molecule has 6 nitrogen and oxygen atoms in total. The minimum absolute atomic E-state index is 0.175. The summed E-state index contributed by atoms with van der Waals surface area (Å²) in [5, 5.41) is 8.49. The molecule has 0 aliphatic rings. The van der Waals surface area contributed by atoms with Crippen LogP contribution in [-0.4, -0.2) is 20.0 Å². The second-order valence-electron chi connectivity index (χ2n) is 7.49. The molecule has 2 aromatic heterocycles. The molecule has 4 rings (SSSR count). The minimum atomic E-state index is -0.175. The van der Waals surface area contributed by atoms with Crippen LogP contribution in [-0.2, 0) is 19.4 Å². The zero-order valence-corrected chi connectivity index (χ0v) is 17.4. The summed E-state index contributed by atoms with van der Waals surface area (Å²) in [6.07, 6.45) is 8.43. The summed E-state index contributed by atoms with van der Waals surface area (Å²) in [7, 11) is 0. The number of nitrogens with zero attached hydrogens (tertiary/aromatic N) is 3. The first kappa shape index (κ1) is 20.6. The lowest BCUT2D eigenvalue weighted by Gasteiger charge is -2.10. The summed E-state index contributed by atoms with van der Waals surface area (Å²) >= 11 is 0. The Hall–Kier alpha value is -3.67. The molecular weight excluding hydrogens is 388 g/mol. The van der Waals surface area contributed by atoms with Gasteiger partial charge >= 0.3 is 0 Å². The van der Waals surface area contributed by atoms with E-state index in [9.17, 15) is 4.79 Å². The van der Waals surface area contributed by atoms with E-state index in [-0.39, 0.29) is 5.56 Å². The normalized spacial score (nSPS) is 10.8. The molecule has 2 aromatic carbocycles. The van der Waals surface area contributed by atoms with E-state index in [0.717, 1.165) is 54.6 Å². The van der Waals surface area contributed by atoms with Crippen LogP contribution in [0, 0.1) is 0 Å². The fraction of sp³-hybridized carbons (Fsp3) is 0.240. The quantitative estimate of drug-likeness (QED) is 0.388. The van der Waals surface area contributed by atoms with E-state index >= 15 is 0 Å². The number of unbranched alkanes of at least 4 members (excludes halogenated alkanes) is 2. The van der Waals surface area contributed by atoms with Crippen molar-refractivity contribution < 1.29 is 4.74 Å². The molecule has 0 atom stereocenters. The second kappa shape index (κ2) is 10.4. The van der Waals surface area contributed by atoms with Crippen LogP contribution in [0.15, 0.2) is 83.9 Å². The number of H-pyrrole nitrogens is 1. The summed E-state index contributed by atoms with van der Waals surface area (Å²) < 4.78 is 7.67. The number of aromatic nitrogens is 4. The van der Waals surface area contributed by atoms with E-state index in [0.29, 0.717) is 12.4 Å². The van der Waals surface area contributed by atoms with Crippen molar-refractivity contribution in [3.63, 3.8) is 0 Å². The van der Waals surface area contributed by atoms with Crippen LogP contribution in [0.2, 0.25) is 0 Å². The number of ether oxygens (including phenoxy) is 1. The van der Waals surface area contributed by atoms with Gasteiger partial charge in [0, 0.05) is 11.8 Å². The van der Waals surface area contributed by atoms with Crippen LogP contribution < -0.4 is 10.3 Å². The van der Waals surface area contributed by atoms with Crippen LogP contribution in [0.25, 0.3) is 5.69 Å². The monoisotopic (exact) mass is 414 g/mol. The molecule has 0 bridgehead atoms. The van der Waals surface area contributed by atoms with Crippen molar-refractivity contribution in [1.29, 1.82) is 0 Å². The highest BCUT2D eigenvalue weighted by Crippen LogP contribution is 2.18. The highest BCUT2D eigenvalue weighted by molar-refractivity contribution is 5.31. The minimum Gasteiger partial charge on any atom is -0.483 e. The molecule has 0 amide bonds. The van der Waals surface area contributed by atoms with E-state index in [1.54, 1.807) is 6.20 Å². The van der Waals surface area contributed by atoms with Crippen molar-refractivity contribution in [3.05, 3.63) is 106 Å². The van der Waals surface area contributed by atoms with E-state index in [4.69, 9.17) is 4.74 Å². The third-order valence-corrected chi connectivity index (χ3v) is 5.16. The van der Waals surface area contributed by atoms with Gasteiger partial charge in [0.05, 0.1) is 17.6 Å². The van der Waals surface area contributed by atoms with Crippen LogP contribution in [0.3, 0.4) is 0 Å². The molecule has 0 saturated carbocycles. The molecular formula is C25H26N4O2. The average Bonchev–Trinajstić information content (AvgIpc) is 3.29. The molecule has 1 N–H and O–H groups in total. The molecule has 0 unspecified atom stereocenters. The molecule has 0 aliphatic heterocycles. The molecule has 0 spiro atoms. The van der Waals surface area contributed by atoms with Gasteiger partial charge in [0.15, 0.2) is 5.75 Å². The van der Waals surface area contributed by atoms with Crippen molar-refractivity contribution in [2.24, 2.45) is 0 Å². The molecule has 4 aromatic rings. The standard InChI is InChI=1S/C25H26N4O2/c30-25-24(31-19-20-10-4-1-5-11-20)21(16-17-26-25)12-6-2-7-13-22-18-29(28-27-22)23-14-8-3-9-15-23/h1,3-5,8-11,14-18H,2,6-7,12-13,19H2,(H,26,30). The Morgan fingerprint density at radius 3 is 2.42 bits per heavy atom. The predicted octanol–water partition coefficient (Wildman–Crippen LogP) is 4.49. The molecule has 31 heavy (non-hydrogen) atoms. The van der Waals surface area contributed by atoms with Crippen LogP contribution >= 0.6 is 0 Å². The molecule has 6 heteroatoms. The highest BCUT2D eigenvalue weighted by Gasteiger charge is 2.09. The third kappa shape index (κ3) is 5.69. The third-order valence-electron chi connectivity index (χ3n) is 5.16. The van der Waals surface area contributed by atoms with Gasteiger partial charge in [-0.1, -0.05) is 60.2 Å². The number of pyridine rings is 1. The largest absolute Gasteiger partial charge is 0.483 e. The van der Waals surface area contributed by atoms with Crippen molar-refractivity contribution in [3.8, 4) is 11.4 Å². The number of para-hydroxylation sites is 1. The summed E-state index contributed by atoms with van der Waals surface area (Å²) in [4.78, 5) is 15.0. The van der Waals surface area contributed by atoms with Crippen molar-refractivity contribution in [2.45, 2.75) is 38.7 Å². The van der Waals surface area contributed by atoms with Gasteiger partial charge in [-0.3, -0.25) is 4.79 Å². The zero-order chi connectivity index (χ0) is 21.3. The van der Waals surface area contributed by atoms with Gasteiger partial charge < -0.3 is 9.72 Å². The zero-order valence-electron chi connectivity index (χ0n) is 17.4. The maximum absolute atomic E-state index is 12.3. The van der Waals surface area contributed by atoms with E-state index in [2.05, 4.69) is 15.3 Å². The Morgan fingerprint density at radius 2 is 1.61 bits per heavy atom. The van der Waals surface area contributed by atoms with Gasteiger partial charge in [0.2, 0.25) is 0 Å². The number of hydrogen-bond acceptors (Lipinski definition) is 4. The summed E-state index contributed by atoms with van der Waals surface area (Å²) in [6, 6.07) is 21.8. The number of rotatable bonds is 10. The van der Waals surface area contributed by atoms with Gasteiger partial charge in [-0.25, -0.2) is 4.68 Å². The Morgan fingerprint density at radius 1 is 0.871 bits per heavy atom. The van der Waals surface area contributed by atoms with E-state index < -0.39 is 0 Å². The van der Waals surface area contributed by atoms with Gasteiger partial charge in [0.25, 0.3) is 5.56 Å². The first-order chi connectivity index (χ1) is 15.3. The smallest absolute Gasteiger partial charge is 0.290 e. The molecule has 0 radical (unpaired) electrons. The average molecular weight is 415 g/mol. The molecule has 0 saturated heterocycles. The maximum atomic E-state index is 12.3. The number of aromatic amines is 1. The van der Waals surface area contributed by atoms with Crippen LogP contribution in [0.5, 0.6) is 5.75 Å². The first-order valence-electron chi connectivity index (χ1n) is 10.6. The molecule has 158 valence electrons. The molecule has 0 fully saturated rings. The van der Waals surface area contributed by atoms with E-state index in [1.165, 1.54) is 0 Å². The second-order valence-corrected chi connectivity index (χ2v) is 7.49. The Kier molecular flexibility index (Phi) is 6.90. The van der Waals surface area contributed by atoms with Crippen LogP contribution in [0.1, 0.15) is 36.1 Å². The topological polar surface area (TPSA) is 72.8 Å². The van der Waals surface area contributed by atoms with Gasteiger partial charge in [0.1, 0.15) is 6.61 Å². The predicted molar refractivity (Wildman–Crippen MR) is 120 cm³/mol. The maximum Gasteiger partial charge on any atom is 0.290 e. The summed E-state index contributed by atoms with van der Waals surface area (Å²) in [5.74, 6) is 0.428. The number of benzene rings is 2. The van der Waals surface area contributed by atoms with Crippen molar-refractivity contribution >= 4 is 0 Å². The van der Waals surface area contributed by atoms with Crippen molar-refractivity contribution in [2.75, 3.05) is 0 Å². The van der Waals surface area contributed by atoms with Gasteiger partial charge in [-0.15, -0.1) is 5.10 Å². The number of nitrogens with one attached hydrogen (secondary N) is 1. The lowest BCUT2D eigenvalue weighted by atomic mass is 10.1. The fourth-order valence-corrected chi connectivity index (χ4v) is 3.51. The molecule has 2 heterocycles. The first-order valence-corrected chi connectivity index (χ1v) is 10.6. The number of aryl methyl sites for hydroxylation is 2. The summed E-state index contributed by atoms with van der Waals surface area (Å²) in [6.45, 7) is 0.387. The van der Waals surface area contributed by atoms with Crippen molar-refractivity contribution in [1.82, 2.24) is 20.0 Å². The molecule has 0 aliphatic carbocycles. The number of hydrogen-bond donors (Lipinski definition) is 1.